The maximum absolute atomic E-state index is 10.8. The molecule has 0 saturated heterocycles. The maximum Gasteiger partial charge on any atom is 0.136 e. The van der Waals surface area contributed by atoms with Crippen LogP contribution in [0.15, 0.2) is 215 Å². The van der Waals surface area contributed by atoms with Crippen LogP contribution in [0.5, 0.6) is 0 Å². The van der Waals surface area contributed by atoms with Crippen molar-refractivity contribution < 1.29 is 8.83 Å². The maximum atomic E-state index is 10.8. The molecule has 0 saturated carbocycles. The zero-order chi connectivity index (χ0) is 45.0. The molecule has 0 bridgehead atoms. The largest absolute Gasteiger partial charge is 0.456 e. The van der Waals surface area contributed by atoms with Crippen LogP contribution in [-0.2, 0) is 0 Å². The molecule has 68 heavy (non-hydrogen) atoms. The lowest BCUT2D eigenvalue weighted by molar-refractivity contribution is 0.668. The molecular formula is C62H34N4O2. The van der Waals surface area contributed by atoms with E-state index in [0.29, 0.717) is 22.3 Å². The molecule has 4 heterocycles. The molecule has 314 valence electrons. The molecule has 14 rings (SSSR count). The van der Waals surface area contributed by atoms with Gasteiger partial charge in [-0.1, -0.05) is 115 Å². The third-order valence-corrected chi connectivity index (χ3v) is 13.8. The van der Waals surface area contributed by atoms with Gasteiger partial charge in [0.2, 0.25) is 0 Å². The highest BCUT2D eigenvalue weighted by atomic mass is 16.3. The molecule has 0 amide bonds. The molecule has 0 aliphatic heterocycles. The number of para-hydroxylation sites is 5. The molecule has 0 N–H and O–H groups in total. The number of nitrogens with zero attached hydrogens (tertiary/aromatic N) is 4. The van der Waals surface area contributed by atoms with E-state index in [2.05, 4.69) is 161 Å². The van der Waals surface area contributed by atoms with Gasteiger partial charge in [-0.15, -0.1) is 0 Å². The van der Waals surface area contributed by atoms with Crippen LogP contribution < -0.4 is 0 Å². The molecule has 0 radical (unpaired) electrons. The quantitative estimate of drug-likeness (QED) is 0.172. The smallest absolute Gasteiger partial charge is 0.136 e. The van der Waals surface area contributed by atoms with E-state index < -0.39 is 0 Å². The van der Waals surface area contributed by atoms with E-state index in [1.165, 1.54) is 10.8 Å². The van der Waals surface area contributed by atoms with E-state index >= 15 is 0 Å². The number of fused-ring (bicyclic) bond motifs is 12. The summed E-state index contributed by atoms with van der Waals surface area (Å²) in [6.45, 7) is 0. The molecule has 10 aromatic carbocycles. The number of benzene rings is 10. The van der Waals surface area contributed by atoms with Gasteiger partial charge in [0.05, 0.1) is 50.6 Å². The van der Waals surface area contributed by atoms with E-state index in [0.717, 1.165) is 110 Å². The predicted molar refractivity (Wildman–Crippen MR) is 275 cm³/mol. The van der Waals surface area contributed by atoms with Crippen molar-refractivity contribution in [1.82, 2.24) is 9.13 Å². The molecule has 6 heteroatoms. The summed E-state index contributed by atoms with van der Waals surface area (Å²) in [5.41, 5.74) is 16.5. The highest BCUT2D eigenvalue weighted by Gasteiger charge is 2.23. The summed E-state index contributed by atoms with van der Waals surface area (Å²) in [6.07, 6.45) is 0. The first kappa shape index (κ1) is 37.7. The lowest BCUT2D eigenvalue weighted by Gasteiger charge is -2.17. The van der Waals surface area contributed by atoms with Gasteiger partial charge < -0.3 is 18.0 Å². The number of rotatable bonds is 5. The van der Waals surface area contributed by atoms with Crippen LogP contribution in [0.4, 0.5) is 0 Å². The zero-order valence-electron chi connectivity index (χ0n) is 36.2. The number of hydrogen-bond donors (Lipinski definition) is 0. The van der Waals surface area contributed by atoms with Gasteiger partial charge in [-0.05, 0) is 108 Å². The minimum Gasteiger partial charge on any atom is -0.456 e. The van der Waals surface area contributed by atoms with Gasteiger partial charge in [0, 0.05) is 59.8 Å². The summed E-state index contributed by atoms with van der Waals surface area (Å²) in [7, 11) is 0. The van der Waals surface area contributed by atoms with Gasteiger partial charge in [-0.3, -0.25) is 0 Å². The van der Waals surface area contributed by atoms with Gasteiger partial charge in [-0.25, -0.2) is 0 Å². The fourth-order valence-electron chi connectivity index (χ4n) is 10.9. The molecule has 0 aliphatic carbocycles. The third-order valence-electron chi connectivity index (χ3n) is 13.8. The number of furan rings is 2. The van der Waals surface area contributed by atoms with Crippen molar-refractivity contribution in [3.05, 3.63) is 217 Å². The summed E-state index contributed by atoms with van der Waals surface area (Å²) in [4.78, 5) is 0. The fourth-order valence-corrected chi connectivity index (χ4v) is 10.9. The van der Waals surface area contributed by atoms with Gasteiger partial charge in [-0.2, -0.15) is 10.5 Å². The van der Waals surface area contributed by atoms with Crippen LogP contribution in [0.1, 0.15) is 11.1 Å². The first-order valence-corrected chi connectivity index (χ1v) is 22.6. The highest BCUT2D eigenvalue weighted by Crippen LogP contribution is 2.44. The number of nitriles is 2. The first-order chi connectivity index (χ1) is 33.6. The van der Waals surface area contributed by atoms with Crippen LogP contribution in [0, 0.1) is 22.7 Å². The SMILES string of the molecule is N#Cc1cccc2oc3ccc(-c4cc(-c5ccc6c(c5)c5ccccc5n6-c5ccccc5-c5ccc6oc7ccccc7c6c5C#N)ccc4-n4c5ccccc5c5ccccc54)cc3c12. The summed E-state index contributed by atoms with van der Waals surface area (Å²) in [5.74, 6) is 0. The van der Waals surface area contributed by atoms with Crippen LogP contribution in [0.2, 0.25) is 0 Å². The lowest BCUT2D eigenvalue weighted by atomic mass is 9.94. The Morgan fingerprint density at radius 3 is 1.59 bits per heavy atom. The molecule has 0 unspecified atom stereocenters. The Morgan fingerprint density at radius 1 is 0.324 bits per heavy atom. The zero-order valence-corrected chi connectivity index (χ0v) is 36.2. The predicted octanol–water partition coefficient (Wildman–Crippen LogP) is 16.4. The second-order valence-electron chi connectivity index (χ2n) is 17.4. The fraction of sp³-hybridized carbons (Fsp3) is 0. The Balaban J connectivity index is 0.984. The first-order valence-electron chi connectivity index (χ1n) is 22.6. The van der Waals surface area contributed by atoms with Crippen molar-refractivity contribution in [3.8, 4) is 56.9 Å². The van der Waals surface area contributed by atoms with Crippen molar-refractivity contribution in [1.29, 1.82) is 10.5 Å². The van der Waals surface area contributed by atoms with Crippen LogP contribution in [-0.4, -0.2) is 9.13 Å². The number of aromatic nitrogens is 2. The lowest BCUT2D eigenvalue weighted by Crippen LogP contribution is -1.99. The van der Waals surface area contributed by atoms with E-state index in [9.17, 15) is 10.5 Å². The monoisotopic (exact) mass is 866 g/mol. The number of hydrogen-bond acceptors (Lipinski definition) is 4. The minimum atomic E-state index is 0.586. The van der Waals surface area contributed by atoms with Crippen LogP contribution >= 0.6 is 0 Å². The second-order valence-corrected chi connectivity index (χ2v) is 17.4. The van der Waals surface area contributed by atoms with Gasteiger partial charge in [0.1, 0.15) is 28.4 Å². The molecule has 14 aromatic rings. The Kier molecular flexibility index (Phi) is 8.01. The van der Waals surface area contributed by atoms with Crippen molar-refractivity contribution in [2.45, 2.75) is 0 Å². The van der Waals surface area contributed by atoms with Gasteiger partial charge >= 0.3 is 0 Å². The van der Waals surface area contributed by atoms with E-state index in [-0.39, 0.29) is 0 Å². The standard InChI is InChI=1S/C62H34N4O2/c63-35-40-12-11-23-59-61(40)49-34-39(26-30-58(49)68-59)47-32-37(24-28-55(47)65-52-19-7-2-14-43(52)44-15-3-8-20-53(44)65)38-25-29-56-48(33-38)45-16-4-9-21-54(45)66(56)51-18-6-1-13-42(51)41-27-31-60-62(50(41)36-64)46-17-5-10-22-57(46)67-60/h1-34H. The summed E-state index contributed by atoms with van der Waals surface area (Å²) < 4.78 is 17.2. The molecule has 0 spiro atoms. The highest BCUT2D eigenvalue weighted by molar-refractivity contribution is 6.14. The van der Waals surface area contributed by atoms with E-state index in [1.807, 2.05) is 66.7 Å². The average Bonchev–Trinajstić information content (AvgIpc) is 4.15. The molecule has 4 aromatic heterocycles. The Bertz CT molecular complexity index is 4490. The van der Waals surface area contributed by atoms with E-state index in [4.69, 9.17) is 8.83 Å². The Hall–Kier alpha value is -9.62. The second kappa shape index (κ2) is 14.4. The van der Waals surface area contributed by atoms with Gasteiger partial charge in [0.15, 0.2) is 0 Å². The normalized spacial score (nSPS) is 11.8. The summed E-state index contributed by atoms with van der Waals surface area (Å²) in [5, 5.41) is 29.1. The van der Waals surface area contributed by atoms with Crippen LogP contribution in [0.25, 0.3) is 132 Å². The summed E-state index contributed by atoms with van der Waals surface area (Å²) >= 11 is 0. The molecular weight excluding hydrogens is 833 g/mol. The molecule has 6 nitrogen and oxygen atoms in total. The minimum absolute atomic E-state index is 0.586. The van der Waals surface area contributed by atoms with Crippen molar-refractivity contribution in [2.24, 2.45) is 0 Å². The van der Waals surface area contributed by atoms with Crippen molar-refractivity contribution >= 4 is 87.5 Å². The van der Waals surface area contributed by atoms with Gasteiger partial charge in [0.25, 0.3) is 0 Å². The van der Waals surface area contributed by atoms with Crippen molar-refractivity contribution in [2.75, 3.05) is 0 Å². The van der Waals surface area contributed by atoms with Crippen molar-refractivity contribution in [3.63, 3.8) is 0 Å². The average molecular weight is 867 g/mol. The molecule has 0 atom stereocenters. The third kappa shape index (κ3) is 5.37. The summed E-state index contributed by atoms with van der Waals surface area (Å²) in [6, 6.07) is 76.5. The topological polar surface area (TPSA) is 83.7 Å². The molecule has 0 aliphatic rings. The van der Waals surface area contributed by atoms with E-state index in [1.54, 1.807) is 0 Å². The Morgan fingerprint density at radius 2 is 0.853 bits per heavy atom. The van der Waals surface area contributed by atoms with Crippen LogP contribution in [0.3, 0.4) is 0 Å². The molecule has 0 fully saturated rings. The Labute approximate surface area is 388 Å².